The largest absolute Gasteiger partial charge is 0.476 e. The molecule has 2 aromatic heterocycles. The van der Waals surface area contributed by atoms with Gasteiger partial charge < -0.3 is 19.4 Å². The maximum Gasteiger partial charge on any atom is 0.213 e. The summed E-state index contributed by atoms with van der Waals surface area (Å²) in [5.41, 5.74) is 2.50. The topological polar surface area (TPSA) is 50.5 Å². The van der Waals surface area contributed by atoms with Crippen molar-refractivity contribution in [2.45, 2.75) is 31.8 Å². The molecule has 1 atom stereocenters. The van der Waals surface area contributed by atoms with Crippen molar-refractivity contribution in [1.29, 1.82) is 0 Å². The van der Waals surface area contributed by atoms with E-state index in [0.29, 0.717) is 18.5 Å². The first kappa shape index (κ1) is 16.0. The molecule has 0 aromatic carbocycles. The molecule has 5 nitrogen and oxygen atoms in total. The Morgan fingerprint density at radius 1 is 1.39 bits per heavy atom. The lowest BCUT2D eigenvalue weighted by molar-refractivity contribution is 0.253. The number of pyridine rings is 1. The molecule has 23 heavy (non-hydrogen) atoms. The molecule has 0 saturated heterocycles. The van der Waals surface area contributed by atoms with E-state index in [1.165, 1.54) is 17.5 Å². The second kappa shape index (κ2) is 7.62. The Balaban J connectivity index is 1.55. The fourth-order valence-corrected chi connectivity index (χ4v) is 2.91. The van der Waals surface area contributed by atoms with Crippen molar-refractivity contribution < 1.29 is 9.15 Å². The lowest BCUT2D eigenvalue weighted by atomic mass is 9.93. The number of fused-ring (bicyclic) bond motifs is 1. The molecule has 0 spiro atoms. The molecule has 0 unspecified atom stereocenters. The van der Waals surface area contributed by atoms with Crippen molar-refractivity contribution in [2.75, 3.05) is 27.2 Å². The van der Waals surface area contributed by atoms with Gasteiger partial charge in [0.1, 0.15) is 12.4 Å². The Kier molecular flexibility index (Phi) is 5.31. The van der Waals surface area contributed by atoms with Crippen LogP contribution >= 0.6 is 0 Å². The van der Waals surface area contributed by atoms with Crippen molar-refractivity contribution in [1.82, 2.24) is 15.2 Å². The number of hydrogen-bond donors (Lipinski definition) is 1. The average Bonchev–Trinajstić information content (AvgIpc) is 3.02. The zero-order chi connectivity index (χ0) is 16.1. The molecule has 0 radical (unpaired) electrons. The van der Waals surface area contributed by atoms with Gasteiger partial charge in [-0.2, -0.15) is 0 Å². The van der Waals surface area contributed by atoms with Crippen LogP contribution in [0.1, 0.15) is 35.8 Å². The van der Waals surface area contributed by atoms with Gasteiger partial charge in [0.2, 0.25) is 5.88 Å². The zero-order valence-electron chi connectivity index (χ0n) is 13.9. The highest BCUT2D eigenvalue weighted by Gasteiger charge is 2.21. The molecule has 0 aliphatic heterocycles. The SMILES string of the molecule is CN(C)CCOc1cc(CN[C@@H]2CCCc3occc32)ccn1. The average molecular weight is 315 g/mol. The second-order valence-electron chi connectivity index (χ2n) is 6.28. The van der Waals surface area contributed by atoms with Crippen molar-refractivity contribution >= 4 is 0 Å². The van der Waals surface area contributed by atoms with E-state index in [0.717, 1.165) is 31.7 Å². The van der Waals surface area contributed by atoms with E-state index < -0.39 is 0 Å². The molecule has 2 aromatic rings. The Labute approximate surface area is 137 Å². The van der Waals surface area contributed by atoms with E-state index in [2.05, 4.69) is 21.3 Å². The molecule has 3 rings (SSSR count). The van der Waals surface area contributed by atoms with Gasteiger partial charge in [-0.15, -0.1) is 0 Å². The molecule has 0 saturated carbocycles. The van der Waals surface area contributed by atoms with Crippen LogP contribution in [0, 0.1) is 0 Å². The lowest BCUT2D eigenvalue weighted by Crippen LogP contribution is -2.24. The third kappa shape index (κ3) is 4.33. The van der Waals surface area contributed by atoms with Gasteiger partial charge in [0.05, 0.1) is 6.26 Å². The monoisotopic (exact) mass is 315 g/mol. The smallest absolute Gasteiger partial charge is 0.213 e. The number of hydrogen-bond acceptors (Lipinski definition) is 5. The molecule has 5 heteroatoms. The number of furan rings is 1. The highest BCUT2D eigenvalue weighted by Crippen LogP contribution is 2.30. The van der Waals surface area contributed by atoms with E-state index in [1.807, 2.05) is 32.4 Å². The van der Waals surface area contributed by atoms with Crippen LogP contribution in [-0.4, -0.2) is 37.1 Å². The van der Waals surface area contributed by atoms with Gasteiger partial charge in [-0.05, 0) is 44.6 Å². The van der Waals surface area contributed by atoms with Gasteiger partial charge in [-0.1, -0.05) is 0 Å². The first-order valence-corrected chi connectivity index (χ1v) is 8.24. The first-order chi connectivity index (χ1) is 11.2. The Morgan fingerprint density at radius 2 is 2.30 bits per heavy atom. The standard InChI is InChI=1S/C18H25N3O2/c1-21(2)9-11-23-18-12-14(6-8-19-18)13-20-16-4-3-5-17-15(16)7-10-22-17/h6-8,10,12,16,20H,3-5,9,11,13H2,1-2H3/t16-/m1/s1. The summed E-state index contributed by atoms with van der Waals surface area (Å²) < 4.78 is 11.2. The van der Waals surface area contributed by atoms with E-state index >= 15 is 0 Å². The van der Waals surface area contributed by atoms with Gasteiger partial charge in [-0.25, -0.2) is 4.98 Å². The third-order valence-electron chi connectivity index (χ3n) is 4.19. The van der Waals surface area contributed by atoms with Crippen LogP contribution < -0.4 is 10.1 Å². The van der Waals surface area contributed by atoms with Gasteiger partial charge in [-0.3, -0.25) is 0 Å². The summed E-state index contributed by atoms with van der Waals surface area (Å²) in [5.74, 6) is 1.83. The summed E-state index contributed by atoms with van der Waals surface area (Å²) >= 11 is 0. The second-order valence-corrected chi connectivity index (χ2v) is 6.28. The van der Waals surface area contributed by atoms with Crippen LogP contribution in [0.2, 0.25) is 0 Å². The maximum atomic E-state index is 5.70. The quantitative estimate of drug-likeness (QED) is 0.851. The van der Waals surface area contributed by atoms with Gasteiger partial charge >= 0.3 is 0 Å². The van der Waals surface area contributed by atoms with Gasteiger partial charge in [0.15, 0.2) is 0 Å². The molecular weight excluding hydrogens is 290 g/mol. The fraction of sp³-hybridized carbons (Fsp3) is 0.500. The number of nitrogens with one attached hydrogen (secondary N) is 1. The summed E-state index contributed by atoms with van der Waals surface area (Å²) in [5, 5.41) is 3.63. The fourth-order valence-electron chi connectivity index (χ4n) is 2.91. The number of likely N-dealkylation sites (N-methyl/N-ethyl adjacent to an activating group) is 1. The van der Waals surface area contributed by atoms with Crippen LogP contribution in [-0.2, 0) is 13.0 Å². The minimum Gasteiger partial charge on any atom is -0.476 e. The van der Waals surface area contributed by atoms with Crippen LogP contribution in [0.3, 0.4) is 0 Å². The predicted molar refractivity (Wildman–Crippen MR) is 89.5 cm³/mol. The summed E-state index contributed by atoms with van der Waals surface area (Å²) in [6.45, 7) is 2.34. The van der Waals surface area contributed by atoms with Gasteiger partial charge in [0.25, 0.3) is 0 Å². The van der Waals surface area contributed by atoms with E-state index in [4.69, 9.17) is 9.15 Å². The Morgan fingerprint density at radius 3 is 3.17 bits per heavy atom. The summed E-state index contributed by atoms with van der Waals surface area (Å²) in [7, 11) is 4.07. The molecule has 1 aliphatic carbocycles. The van der Waals surface area contributed by atoms with Gasteiger partial charge in [0, 0.05) is 43.4 Å². The van der Waals surface area contributed by atoms with E-state index in [-0.39, 0.29) is 0 Å². The third-order valence-corrected chi connectivity index (χ3v) is 4.19. The molecule has 1 aliphatic rings. The lowest BCUT2D eigenvalue weighted by Gasteiger charge is -2.23. The number of rotatable bonds is 7. The number of nitrogens with zero attached hydrogens (tertiary/aromatic N) is 2. The normalized spacial score (nSPS) is 17.3. The first-order valence-electron chi connectivity index (χ1n) is 8.24. The minimum absolute atomic E-state index is 0.378. The molecule has 0 bridgehead atoms. The number of ether oxygens (including phenoxy) is 1. The molecule has 124 valence electrons. The van der Waals surface area contributed by atoms with Crippen molar-refractivity contribution in [2.24, 2.45) is 0 Å². The molecular formula is C18H25N3O2. The Bertz CT molecular complexity index is 624. The summed E-state index contributed by atoms with van der Waals surface area (Å²) in [4.78, 5) is 6.37. The van der Waals surface area contributed by atoms with Crippen LogP contribution in [0.5, 0.6) is 5.88 Å². The number of aryl methyl sites for hydroxylation is 1. The highest BCUT2D eigenvalue weighted by molar-refractivity contribution is 5.25. The zero-order valence-corrected chi connectivity index (χ0v) is 13.9. The highest BCUT2D eigenvalue weighted by atomic mass is 16.5. The number of aromatic nitrogens is 1. The van der Waals surface area contributed by atoms with Crippen molar-refractivity contribution in [3.05, 3.63) is 47.5 Å². The predicted octanol–water partition coefficient (Wildman–Crippen LogP) is 2.78. The van der Waals surface area contributed by atoms with E-state index in [9.17, 15) is 0 Å². The Hall–Kier alpha value is -1.85. The molecule has 1 N–H and O–H groups in total. The molecule has 0 amide bonds. The molecule has 2 heterocycles. The minimum atomic E-state index is 0.378. The van der Waals surface area contributed by atoms with Crippen LogP contribution in [0.4, 0.5) is 0 Å². The van der Waals surface area contributed by atoms with Crippen LogP contribution in [0.25, 0.3) is 0 Å². The summed E-state index contributed by atoms with van der Waals surface area (Å²) in [6, 6.07) is 6.52. The molecule has 0 fully saturated rings. The van der Waals surface area contributed by atoms with E-state index in [1.54, 1.807) is 6.26 Å². The summed E-state index contributed by atoms with van der Waals surface area (Å²) in [6.07, 6.45) is 7.00. The van der Waals surface area contributed by atoms with Crippen molar-refractivity contribution in [3.8, 4) is 5.88 Å². The van der Waals surface area contributed by atoms with Crippen molar-refractivity contribution in [3.63, 3.8) is 0 Å². The maximum absolute atomic E-state index is 5.70. The van der Waals surface area contributed by atoms with Crippen LogP contribution in [0.15, 0.2) is 35.1 Å².